The third-order valence-corrected chi connectivity index (χ3v) is 13.5. The van der Waals surface area contributed by atoms with E-state index in [4.69, 9.17) is 15.0 Å². The smallest absolute Gasteiger partial charge is 0.221 e. The van der Waals surface area contributed by atoms with Crippen LogP contribution in [0.3, 0.4) is 0 Å². The highest BCUT2D eigenvalue weighted by molar-refractivity contribution is 7.69. The van der Waals surface area contributed by atoms with Crippen molar-refractivity contribution in [2.75, 3.05) is 20.0 Å². The molecule has 60 heavy (non-hydrogen) atoms. The van der Waals surface area contributed by atoms with E-state index in [1.807, 2.05) is 84.3 Å². The van der Waals surface area contributed by atoms with Crippen LogP contribution in [0.25, 0.3) is 66.9 Å². The van der Waals surface area contributed by atoms with Crippen LogP contribution >= 0.6 is 14.3 Å². The first kappa shape index (κ1) is 37.4. The van der Waals surface area contributed by atoms with Crippen molar-refractivity contribution in [3.05, 3.63) is 133 Å². The van der Waals surface area contributed by atoms with E-state index >= 15 is 0 Å². The average Bonchev–Trinajstić information content (AvgIpc) is 3.99. The number of hydrogen-bond donors (Lipinski definition) is 0. The zero-order valence-electron chi connectivity index (χ0n) is 32.8. The number of hydrogen-bond acceptors (Lipinski definition) is 13. The molecule has 10 aromatic rings. The second-order valence-corrected chi connectivity index (χ2v) is 21.8. The van der Waals surface area contributed by atoms with Crippen LogP contribution in [0, 0.1) is 0 Å². The van der Waals surface area contributed by atoms with E-state index in [0.29, 0.717) is 64.9 Å². The number of aromatic nitrogens is 14. The molecule has 16 nitrogen and oxygen atoms in total. The Morgan fingerprint density at radius 1 is 0.617 bits per heavy atom. The maximum absolute atomic E-state index is 14.0. The molecule has 0 spiro atoms. The molecule has 0 N–H and O–H groups in total. The molecule has 1 atom stereocenters. The standard InChI is InChI=1S/C42H36N14O2P2/c1-59(2,57)38-19-31(12-15-44-38)36-20-45-39-41(48-36)55(52-50-39)23-28-7-11-35-30(18-28)8-9-33(47-35)25-60(3,58)26-54-16-13-32(24-54)37-21-46-40-42(49-37)56(53-51-40)22-27-6-10-34-29(17-27)5-4-14-43-34/h4-21,24H,22-23,25-26H2,1-3H3. The summed E-state index contributed by atoms with van der Waals surface area (Å²) in [5.41, 5.74) is 10.0. The van der Waals surface area contributed by atoms with Crippen LogP contribution < -0.4 is 5.44 Å². The fraction of sp³-hybridized carbons (Fsp3) is 0.167. The highest BCUT2D eigenvalue weighted by atomic mass is 31.2. The Morgan fingerprint density at radius 2 is 1.28 bits per heavy atom. The van der Waals surface area contributed by atoms with Crippen molar-refractivity contribution in [1.29, 1.82) is 0 Å². The van der Waals surface area contributed by atoms with Crippen molar-refractivity contribution in [1.82, 2.24) is 69.4 Å². The lowest BCUT2D eigenvalue weighted by atomic mass is 10.1. The lowest BCUT2D eigenvalue weighted by molar-refractivity contribution is 0.569. The highest BCUT2D eigenvalue weighted by Gasteiger charge is 2.20. The third-order valence-electron chi connectivity index (χ3n) is 10.2. The van der Waals surface area contributed by atoms with Crippen molar-refractivity contribution < 1.29 is 9.13 Å². The zero-order valence-corrected chi connectivity index (χ0v) is 34.6. The van der Waals surface area contributed by atoms with E-state index in [0.717, 1.165) is 49.8 Å². The molecule has 1 unspecified atom stereocenters. The van der Waals surface area contributed by atoms with Crippen LogP contribution in [0.5, 0.6) is 0 Å². The largest absolute Gasteiger partial charge is 0.346 e. The van der Waals surface area contributed by atoms with Gasteiger partial charge in [-0.1, -0.05) is 34.7 Å². The molecular formula is C42H36N14O2P2. The topological polar surface area (TPSA) is 191 Å². The molecule has 0 aliphatic carbocycles. The second kappa shape index (κ2) is 14.7. The van der Waals surface area contributed by atoms with Gasteiger partial charge in [0.2, 0.25) is 11.3 Å². The minimum atomic E-state index is -2.71. The molecule has 0 aliphatic rings. The lowest BCUT2D eigenvalue weighted by Crippen LogP contribution is -2.08. The summed E-state index contributed by atoms with van der Waals surface area (Å²) in [5.74, 6) is 0. The van der Waals surface area contributed by atoms with Crippen LogP contribution in [0.2, 0.25) is 0 Å². The quantitative estimate of drug-likeness (QED) is 0.123. The third kappa shape index (κ3) is 7.58. The SMILES string of the molecule is CP(=O)(Cc1ccc2cc(Cn3nnc4ncc(-c5ccnc(P(C)(C)=O)c5)nc43)ccc2n1)Cn1ccc(-c2cnc3nnn(Cc4ccc5ncccc5c4)c3n2)c1. The average molecular weight is 831 g/mol. The number of rotatable bonds is 11. The fourth-order valence-corrected chi connectivity index (χ4v) is 9.89. The minimum absolute atomic E-state index is 0.342. The normalized spacial score (nSPS) is 13.1. The Balaban J connectivity index is 0.819. The highest BCUT2D eigenvalue weighted by Crippen LogP contribution is 2.47. The van der Waals surface area contributed by atoms with E-state index < -0.39 is 14.3 Å². The van der Waals surface area contributed by atoms with E-state index in [9.17, 15) is 9.13 Å². The molecule has 0 aliphatic heterocycles. The van der Waals surface area contributed by atoms with Gasteiger partial charge in [0.05, 0.1) is 54.2 Å². The summed E-state index contributed by atoms with van der Waals surface area (Å²) in [6.07, 6.45) is 11.3. The maximum atomic E-state index is 14.0. The predicted octanol–water partition coefficient (Wildman–Crippen LogP) is 6.88. The maximum Gasteiger partial charge on any atom is 0.221 e. The van der Waals surface area contributed by atoms with Crippen LogP contribution in [0.1, 0.15) is 16.8 Å². The predicted molar refractivity (Wildman–Crippen MR) is 231 cm³/mol. The van der Waals surface area contributed by atoms with Crippen LogP contribution in [0.4, 0.5) is 0 Å². The van der Waals surface area contributed by atoms with Gasteiger partial charge in [-0.3, -0.25) is 15.0 Å². The van der Waals surface area contributed by atoms with Gasteiger partial charge in [-0.2, -0.15) is 0 Å². The molecule has 0 amide bonds. The van der Waals surface area contributed by atoms with Crippen molar-refractivity contribution >= 4 is 64.1 Å². The first-order chi connectivity index (χ1) is 29.0. The molecule has 2 aromatic carbocycles. The molecule has 8 heterocycles. The molecule has 0 radical (unpaired) electrons. The number of fused-ring (bicyclic) bond motifs is 4. The van der Waals surface area contributed by atoms with Crippen LogP contribution in [0.15, 0.2) is 116 Å². The molecule has 0 bridgehead atoms. The second-order valence-electron chi connectivity index (χ2n) is 15.4. The Kier molecular flexibility index (Phi) is 9.18. The molecule has 0 fully saturated rings. The van der Waals surface area contributed by atoms with E-state index in [2.05, 4.69) is 52.7 Å². The number of nitrogens with zero attached hydrogens (tertiary/aromatic N) is 14. The van der Waals surface area contributed by atoms with Crippen LogP contribution in [-0.4, -0.2) is 89.4 Å². The Labute approximate surface area is 342 Å². The number of benzene rings is 2. The van der Waals surface area contributed by atoms with Gasteiger partial charge in [0.15, 0.2) is 11.3 Å². The van der Waals surface area contributed by atoms with Crippen molar-refractivity contribution in [3.8, 4) is 22.5 Å². The molecule has 0 saturated heterocycles. The van der Waals surface area contributed by atoms with E-state index in [1.54, 1.807) is 53.5 Å². The number of pyridine rings is 3. The summed E-state index contributed by atoms with van der Waals surface area (Å²) in [5, 5.41) is 19.1. The van der Waals surface area contributed by atoms with Gasteiger partial charge in [-0.05, 0) is 85.7 Å². The van der Waals surface area contributed by atoms with Crippen LogP contribution in [-0.2, 0) is 34.7 Å². The van der Waals surface area contributed by atoms with Gasteiger partial charge in [0.1, 0.15) is 19.7 Å². The van der Waals surface area contributed by atoms with Crippen molar-refractivity contribution in [2.45, 2.75) is 25.5 Å². The fourth-order valence-electron chi connectivity index (χ4n) is 7.27. The molecule has 10 rings (SSSR count). The Bertz CT molecular complexity index is 3370. The van der Waals surface area contributed by atoms with Gasteiger partial charge in [-0.15, -0.1) is 10.2 Å². The van der Waals surface area contributed by atoms with E-state index in [-0.39, 0.29) is 0 Å². The summed E-state index contributed by atoms with van der Waals surface area (Å²) in [4.78, 5) is 32.3. The van der Waals surface area contributed by atoms with Gasteiger partial charge in [-0.25, -0.2) is 29.3 Å². The molecule has 0 saturated carbocycles. The van der Waals surface area contributed by atoms with Gasteiger partial charge in [0, 0.05) is 58.5 Å². The lowest BCUT2D eigenvalue weighted by Gasteiger charge is -2.14. The van der Waals surface area contributed by atoms with Gasteiger partial charge >= 0.3 is 0 Å². The summed E-state index contributed by atoms with van der Waals surface area (Å²) in [6, 6.07) is 25.6. The van der Waals surface area contributed by atoms with Crippen molar-refractivity contribution in [3.63, 3.8) is 0 Å². The summed E-state index contributed by atoms with van der Waals surface area (Å²) >= 11 is 0. The molecular weight excluding hydrogens is 795 g/mol. The van der Waals surface area contributed by atoms with Gasteiger partial charge in [0.25, 0.3) is 0 Å². The summed E-state index contributed by atoms with van der Waals surface area (Å²) in [6.45, 7) is 6.10. The monoisotopic (exact) mass is 830 g/mol. The van der Waals surface area contributed by atoms with Crippen molar-refractivity contribution in [2.24, 2.45) is 0 Å². The van der Waals surface area contributed by atoms with E-state index in [1.165, 1.54) is 0 Å². The first-order valence-corrected chi connectivity index (χ1v) is 24.2. The Hall–Kier alpha value is -6.89. The molecule has 296 valence electrons. The zero-order chi connectivity index (χ0) is 41.0. The molecule has 18 heteroatoms. The molecule has 8 aromatic heterocycles. The first-order valence-electron chi connectivity index (χ1n) is 19.1. The summed E-state index contributed by atoms with van der Waals surface area (Å²) < 4.78 is 32.1. The minimum Gasteiger partial charge on any atom is -0.346 e. The van der Waals surface area contributed by atoms with Gasteiger partial charge < -0.3 is 13.7 Å². The summed E-state index contributed by atoms with van der Waals surface area (Å²) in [7, 11) is -5.26. The Morgan fingerprint density at radius 3 is 1.98 bits per heavy atom.